The minimum Gasteiger partial charge on any atom is -0.467 e. The number of nitrogens with two attached hydrogens (primary N) is 1. The predicted molar refractivity (Wildman–Crippen MR) is 56.1 cm³/mol. The van der Waals surface area contributed by atoms with Gasteiger partial charge in [-0.3, -0.25) is 4.99 Å². The molecule has 1 unspecified atom stereocenters. The van der Waals surface area contributed by atoms with Crippen LogP contribution in [-0.4, -0.2) is 29.6 Å². The summed E-state index contributed by atoms with van der Waals surface area (Å²) in [5.41, 5.74) is 6.09. The van der Waals surface area contributed by atoms with Crippen LogP contribution in [0.3, 0.4) is 0 Å². The quantitative estimate of drug-likeness (QED) is 0.657. The van der Waals surface area contributed by atoms with Crippen LogP contribution in [0, 0.1) is 0 Å². The molecule has 0 aliphatic carbocycles. The third kappa shape index (κ3) is 2.26. The van der Waals surface area contributed by atoms with Crippen molar-refractivity contribution in [2.75, 3.05) is 13.2 Å². The fourth-order valence-corrected chi connectivity index (χ4v) is 1.37. The van der Waals surface area contributed by atoms with Crippen molar-refractivity contribution in [1.82, 2.24) is 0 Å². The number of aliphatic hydroxyl groups excluding tert-OH is 1. The van der Waals surface area contributed by atoms with Crippen LogP contribution >= 0.6 is 0 Å². The van der Waals surface area contributed by atoms with Gasteiger partial charge in [-0.2, -0.15) is 0 Å². The molecule has 1 heterocycles. The highest BCUT2D eigenvalue weighted by atomic mass is 16.5. The van der Waals surface area contributed by atoms with Gasteiger partial charge in [0.25, 0.3) is 0 Å². The van der Waals surface area contributed by atoms with Crippen molar-refractivity contribution >= 4 is 5.71 Å². The molecule has 0 bridgehead atoms. The molecule has 1 aliphatic heterocycles. The molecule has 4 heteroatoms. The zero-order valence-corrected chi connectivity index (χ0v) is 8.79. The Hall–Kier alpha value is -1.03. The van der Waals surface area contributed by atoms with E-state index in [1.165, 1.54) is 0 Å². The van der Waals surface area contributed by atoms with E-state index in [0.29, 0.717) is 18.8 Å². The molecule has 4 nitrogen and oxygen atoms in total. The molecule has 0 aromatic carbocycles. The molecule has 1 atom stereocenters. The van der Waals surface area contributed by atoms with Crippen LogP contribution in [0.2, 0.25) is 0 Å². The summed E-state index contributed by atoms with van der Waals surface area (Å²) in [6.45, 7) is 4.80. The monoisotopic (exact) mass is 198 g/mol. The first-order chi connectivity index (χ1) is 6.62. The lowest BCUT2D eigenvalue weighted by atomic mass is 9.98. The molecule has 0 saturated heterocycles. The first-order valence-corrected chi connectivity index (χ1v) is 4.94. The smallest absolute Gasteiger partial charge is 0.187 e. The summed E-state index contributed by atoms with van der Waals surface area (Å²) in [7, 11) is 0. The lowest BCUT2D eigenvalue weighted by Gasteiger charge is -2.23. The van der Waals surface area contributed by atoms with Gasteiger partial charge in [-0.1, -0.05) is 6.92 Å². The number of aliphatic hydroxyl groups is 1. The zero-order chi connectivity index (χ0) is 10.6. The number of hydrogen-bond donors (Lipinski definition) is 2. The second-order valence-electron chi connectivity index (χ2n) is 3.58. The maximum atomic E-state index is 8.64. The molecule has 14 heavy (non-hydrogen) atoms. The van der Waals surface area contributed by atoms with Crippen LogP contribution in [0.4, 0.5) is 0 Å². The Labute approximate surface area is 84.5 Å². The van der Waals surface area contributed by atoms with E-state index in [-0.39, 0.29) is 12.2 Å². The van der Waals surface area contributed by atoms with Crippen molar-refractivity contribution in [3.8, 4) is 0 Å². The lowest BCUT2D eigenvalue weighted by molar-refractivity contribution is 0.0869. The lowest BCUT2D eigenvalue weighted by Crippen LogP contribution is -2.32. The average molecular weight is 198 g/mol. The van der Waals surface area contributed by atoms with Crippen LogP contribution < -0.4 is 5.73 Å². The van der Waals surface area contributed by atoms with Gasteiger partial charge in [-0.15, -0.1) is 0 Å². The number of hydrogen-bond acceptors (Lipinski definition) is 4. The molecule has 0 spiro atoms. The minimum absolute atomic E-state index is 0.166. The van der Waals surface area contributed by atoms with Crippen molar-refractivity contribution in [1.29, 1.82) is 0 Å². The van der Waals surface area contributed by atoms with Crippen LogP contribution in [0.1, 0.15) is 26.7 Å². The largest absolute Gasteiger partial charge is 0.467 e. The summed E-state index contributed by atoms with van der Waals surface area (Å²) in [6, 6.07) is 0. The molecule has 0 amide bonds. The molecule has 80 valence electrons. The van der Waals surface area contributed by atoms with E-state index in [4.69, 9.17) is 15.6 Å². The van der Waals surface area contributed by atoms with E-state index >= 15 is 0 Å². The topological polar surface area (TPSA) is 67.8 Å². The highest BCUT2D eigenvalue weighted by Gasteiger charge is 2.35. The van der Waals surface area contributed by atoms with E-state index in [1.807, 2.05) is 13.8 Å². The van der Waals surface area contributed by atoms with Crippen LogP contribution in [0.5, 0.6) is 0 Å². The molecule has 3 N–H and O–H groups in total. The predicted octanol–water partition coefficient (Wildman–Crippen LogP) is 0.809. The second-order valence-corrected chi connectivity index (χ2v) is 3.58. The van der Waals surface area contributed by atoms with Crippen LogP contribution in [0.25, 0.3) is 0 Å². The van der Waals surface area contributed by atoms with Crippen molar-refractivity contribution in [3.05, 3.63) is 12.0 Å². The van der Waals surface area contributed by atoms with E-state index in [1.54, 1.807) is 6.08 Å². The third-order valence-corrected chi connectivity index (χ3v) is 2.44. The molecule has 0 fully saturated rings. The van der Waals surface area contributed by atoms with E-state index in [9.17, 15) is 0 Å². The van der Waals surface area contributed by atoms with E-state index < -0.39 is 0 Å². The summed E-state index contributed by atoms with van der Waals surface area (Å²) in [6.07, 6.45) is 3.28. The molecular formula is C10H18N2O2. The van der Waals surface area contributed by atoms with E-state index in [2.05, 4.69) is 4.99 Å². The van der Waals surface area contributed by atoms with Gasteiger partial charge in [0.1, 0.15) is 5.60 Å². The van der Waals surface area contributed by atoms with Gasteiger partial charge in [0, 0.05) is 19.2 Å². The minimum atomic E-state index is -0.375. The average Bonchev–Trinajstić information content (AvgIpc) is 2.43. The van der Waals surface area contributed by atoms with Gasteiger partial charge >= 0.3 is 0 Å². The van der Waals surface area contributed by atoms with E-state index in [0.717, 1.165) is 12.1 Å². The van der Waals surface area contributed by atoms with Gasteiger partial charge in [0.2, 0.25) is 0 Å². The highest BCUT2D eigenvalue weighted by Crippen LogP contribution is 2.26. The van der Waals surface area contributed by atoms with Gasteiger partial charge in [0.15, 0.2) is 5.88 Å². The van der Waals surface area contributed by atoms with Crippen LogP contribution in [0.15, 0.2) is 17.0 Å². The SMILES string of the molecule is CCC1(C)OC(N)=CC1=NCCCO. The maximum absolute atomic E-state index is 8.64. The van der Waals surface area contributed by atoms with Crippen molar-refractivity contribution in [2.45, 2.75) is 32.3 Å². The summed E-state index contributed by atoms with van der Waals surface area (Å²) >= 11 is 0. The standard InChI is InChI=1S/C10H18N2O2/c1-3-10(2)8(7-9(11)14-10)12-5-4-6-13/h7,13H,3-6,11H2,1-2H3. The number of rotatable bonds is 4. The Morgan fingerprint density at radius 1 is 1.64 bits per heavy atom. The molecule has 1 rings (SSSR count). The Kier molecular flexibility index (Phi) is 3.52. The van der Waals surface area contributed by atoms with Crippen LogP contribution in [-0.2, 0) is 4.74 Å². The summed E-state index contributed by atoms with van der Waals surface area (Å²) < 4.78 is 5.49. The number of ether oxygens (including phenoxy) is 1. The highest BCUT2D eigenvalue weighted by molar-refractivity contribution is 6.03. The third-order valence-electron chi connectivity index (χ3n) is 2.44. The van der Waals surface area contributed by atoms with Gasteiger partial charge in [0.05, 0.1) is 5.71 Å². The second kappa shape index (κ2) is 4.46. The van der Waals surface area contributed by atoms with Gasteiger partial charge < -0.3 is 15.6 Å². The maximum Gasteiger partial charge on any atom is 0.187 e. The molecule has 0 saturated carbocycles. The first-order valence-electron chi connectivity index (χ1n) is 4.94. The zero-order valence-electron chi connectivity index (χ0n) is 8.79. The fourth-order valence-electron chi connectivity index (χ4n) is 1.37. The number of aliphatic imine (C=N–C) groups is 1. The van der Waals surface area contributed by atoms with Crippen molar-refractivity contribution in [2.24, 2.45) is 10.7 Å². The Morgan fingerprint density at radius 2 is 2.36 bits per heavy atom. The Balaban J connectivity index is 2.69. The fraction of sp³-hybridized carbons (Fsp3) is 0.700. The molecular weight excluding hydrogens is 180 g/mol. The summed E-state index contributed by atoms with van der Waals surface area (Å²) in [5.74, 6) is 0.428. The Bertz CT molecular complexity index is 261. The van der Waals surface area contributed by atoms with Gasteiger partial charge in [-0.25, -0.2) is 0 Å². The molecule has 0 radical (unpaired) electrons. The van der Waals surface area contributed by atoms with Gasteiger partial charge in [-0.05, 0) is 19.8 Å². The number of nitrogens with zero attached hydrogens (tertiary/aromatic N) is 1. The van der Waals surface area contributed by atoms with Crippen molar-refractivity contribution in [3.63, 3.8) is 0 Å². The summed E-state index contributed by atoms with van der Waals surface area (Å²) in [4.78, 5) is 4.36. The normalized spacial score (nSPS) is 29.1. The molecule has 0 aromatic rings. The molecule has 1 aliphatic rings. The Morgan fingerprint density at radius 3 is 2.93 bits per heavy atom. The summed E-state index contributed by atoms with van der Waals surface area (Å²) in [5, 5.41) is 8.64. The van der Waals surface area contributed by atoms with Crippen molar-refractivity contribution < 1.29 is 9.84 Å². The first kappa shape index (κ1) is 11.0. The molecule has 0 aromatic heterocycles.